The maximum Gasteiger partial charge on any atom is 0.276 e. The molecule has 0 atom stereocenters. The van der Waals surface area contributed by atoms with Crippen LogP contribution in [0.1, 0.15) is 55.2 Å². The normalized spacial score (nSPS) is 16.5. The molecule has 0 aromatic carbocycles. The predicted octanol–water partition coefficient (Wildman–Crippen LogP) is 2.21. The highest BCUT2D eigenvalue weighted by molar-refractivity contribution is 5.97. The smallest absolute Gasteiger partial charge is 0.276 e. The molecule has 1 amide bonds. The molecule has 0 bridgehead atoms. The second-order valence-electron chi connectivity index (χ2n) is 5.51. The Kier molecular flexibility index (Phi) is 4.45. The first-order valence-electron chi connectivity index (χ1n) is 7.21. The number of aryl methyl sites for hydroxylation is 1. The summed E-state index contributed by atoms with van der Waals surface area (Å²) in [7, 11) is 1.84. The second-order valence-corrected chi connectivity index (χ2v) is 5.51. The minimum Gasteiger partial charge on any atom is -0.395 e. The van der Waals surface area contributed by atoms with Crippen LogP contribution < -0.4 is 5.73 Å². The van der Waals surface area contributed by atoms with Gasteiger partial charge in [0, 0.05) is 13.6 Å². The lowest BCUT2D eigenvalue weighted by molar-refractivity contribution is 0.0756. The van der Waals surface area contributed by atoms with E-state index in [-0.39, 0.29) is 5.91 Å². The maximum atomic E-state index is 12.3. The molecule has 1 aromatic heterocycles. The largest absolute Gasteiger partial charge is 0.395 e. The molecule has 3 N–H and O–H groups in total. The van der Waals surface area contributed by atoms with E-state index in [1.54, 1.807) is 4.90 Å². The number of nitrogens with zero attached hydrogens (tertiary/aromatic N) is 2. The van der Waals surface area contributed by atoms with Crippen molar-refractivity contribution in [3.63, 3.8) is 0 Å². The molecule has 0 radical (unpaired) electrons. The quantitative estimate of drug-likeness (QED) is 0.875. The Morgan fingerprint density at radius 1 is 1.42 bits per heavy atom. The van der Waals surface area contributed by atoms with E-state index < -0.39 is 0 Å². The van der Waals surface area contributed by atoms with Crippen molar-refractivity contribution in [3.05, 3.63) is 11.4 Å². The molecule has 5 heteroatoms. The molecule has 1 fully saturated rings. The minimum absolute atomic E-state index is 0.0703. The minimum atomic E-state index is -0.0703. The van der Waals surface area contributed by atoms with Gasteiger partial charge >= 0.3 is 0 Å². The number of rotatable bonds is 4. The summed E-state index contributed by atoms with van der Waals surface area (Å²) in [5.74, 6) is 0.563. The fraction of sp³-hybridized carbons (Fsp3) is 0.714. The Morgan fingerprint density at radius 3 is 2.68 bits per heavy atom. The van der Waals surface area contributed by atoms with Gasteiger partial charge in [0.15, 0.2) is 5.69 Å². The van der Waals surface area contributed by atoms with E-state index in [1.807, 2.05) is 14.0 Å². The van der Waals surface area contributed by atoms with Crippen molar-refractivity contribution < 1.29 is 4.79 Å². The molecule has 1 heterocycles. The first-order chi connectivity index (χ1) is 9.13. The molecular formula is C14H24N4O. The molecule has 0 spiro atoms. The maximum absolute atomic E-state index is 12.3. The fourth-order valence-electron chi connectivity index (χ4n) is 2.84. The van der Waals surface area contributed by atoms with Crippen LogP contribution in [0.4, 0.5) is 5.69 Å². The summed E-state index contributed by atoms with van der Waals surface area (Å²) in [5, 5.41) is 6.90. The molecule has 2 rings (SSSR count). The highest BCUT2D eigenvalue weighted by Crippen LogP contribution is 2.25. The number of anilines is 1. The Balaban J connectivity index is 1.99. The first-order valence-corrected chi connectivity index (χ1v) is 7.21. The summed E-state index contributed by atoms with van der Waals surface area (Å²) in [6.45, 7) is 2.80. The van der Waals surface area contributed by atoms with Gasteiger partial charge in [0.2, 0.25) is 0 Å². The van der Waals surface area contributed by atoms with E-state index in [0.29, 0.717) is 17.3 Å². The van der Waals surface area contributed by atoms with Crippen LogP contribution in [-0.4, -0.2) is 34.6 Å². The summed E-state index contributed by atoms with van der Waals surface area (Å²) in [4.78, 5) is 14.1. The number of carbonyl (C=O) groups excluding carboxylic acids is 1. The molecule has 1 aliphatic rings. The second kappa shape index (κ2) is 6.08. The molecule has 1 saturated carbocycles. The van der Waals surface area contributed by atoms with Gasteiger partial charge in [-0.3, -0.25) is 9.89 Å². The molecule has 5 nitrogen and oxygen atoms in total. The SMILES string of the molecule is CCc1[nH]nc(C(=O)N(C)CC2CCCCC2)c1N. The molecule has 1 aliphatic carbocycles. The van der Waals surface area contributed by atoms with Gasteiger partial charge in [0.05, 0.1) is 11.4 Å². The number of carbonyl (C=O) groups is 1. The molecule has 0 unspecified atom stereocenters. The van der Waals surface area contributed by atoms with Gasteiger partial charge in [0.25, 0.3) is 5.91 Å². The number of nitrogens with one attached hydrogen (secondary N) is 1. The number of hydrogen-bond donors (Lipinski definition) is 2. The number of amides is 1. The monoisotopic (exact) mass is 264 g/mol. The van der Waals surface area contributed by atoms with Gasteiger partial charge in [-0.2, -0.15) is 5.10 Å². The van der Waals surface area contributed by atoms with E-state index in [4.69, 9.17) is 5.73 Å². The predicted molar refractivity (Wildman–Crippen MR) is 75.9 cm³/mol. The van der Waals surface area contributed by atoms with Crippen LogP contribution in [0.5, 0.6) is 0 Å². The van der Waals surface area contributed by atoms with E-state index in [9.17, 15) is 4.79 Å². The van der Waals surface area contributed by atoms with Gasteiger partial charge in [-0.15, -0.1) is 0 Å². The van der Waals surface area contributed by atoms with Crippen LogP contribution in [0.3, 0.4) is 0 Å². The zero-order chi connectivity index (χ0) is 13.8. The zero-order valence-electron chi connectivity index (χ0n) is 11.9. The summed E-state index contributed by atoms with van der Waals surface area (Å²) >= 11 is 0. The van der Waals surface area contributed by atoms with Crippen molar-refractivity contribution in [1.29, 1.82) is 0 Å². The summed E-state index contributed by atoms with van der Waals surface area (Å²) in [6, 6.07) is 0. The Bertz CT molecular complexity index is 435. The van der Waals surface area contributed by atoms with Crippen molar-refractivity contribution in [2.75, 3.05) is 19.3 Å². The van der Waals surface area contributed by atoms with E-state index in [0.717, 1.165) is 18.7 Å². The van der Waals surface area contributed by atoms with Crippen molar-refractivity contribution in [3.8, 4) is 0 Å². The van der Waals surface area contributed by atoms with Crippen molar-refractivity contribution >= 4 is 11.6 Å². The lowest BCUT2D eigenvalue weighted by Gasteiger charge is -2.26. The number of aromatic amines is 1. The average molecular weight is 264 g/mol. The molecule has 0 saturated heterocycles. The number of nitrogen functional groups attached to an aromatic ring is 1. The van der Waals surface area contributed by atoms with Crippen molar-refractivity contribution in [1.82, 2.24) is 15.1 Å². The topological polar surface area (TPSA) is 75.0 Å². The van der Waals surface area contributed by atoms with Crippen molar-refractivity contribution in [2.45, 2.75) is 45.4 Å². The summed E-state index contributed by atoms with van der Waals surface area (Å²) < 4.78 is 0. The van der Waals surface area contributed by atoms with E-state index in [1.165, 1.54) is 32.1 Å². The van der Waals surface area contributed by atoms with Crippen LogP contribution >= 0.6 is 0 Å². The van der Waals surface area contributed by atoms with Crippen molar-refractivity contribution in [2.24, 2.45) is 5.92 Å². The third-order valence-corrected chi connectivity index (χ3v) is 4.04. The number of hydrogen-bond acceptors (Lipinski definition) is 3. The molecular weight excluding hydrogens is 240 g/mol. The standard InChI is InChI=1S/C14H24N4O/c1-3-11-12(15)13(17-16-11)14(19)18(2)9-10-7-5-4-6-8-10/h10H,3-9,15H2,1-2H3,(H,16,17). The third kappa shape index (κ3) is 3.08. The Labute approximate surface area is 114 Å². The lowest BCUT2D eigenvalue weighted by atomic mass is 9.89. The van der Waals surface area contributed by atoms with Gasteiger partial charge < -0.3 is 10.6 Å². The Morgan fingerprint density at radius 2 is 2.11 bits per heavy atom. The fourth-order valence-corrected chi connectivity index (χ4v) is 2.84. The van der Waals surface area contributed by atoms with E-state index in [2.05, 4.69) is 10.2 Å². The summed E-state index contributed by atoms with van der Waals surface area (Å²) in [5.41, 5.74) is 7.66. The van der Waals surface area contributed by atoms with Gasteiger partial charge in [-0.1, -0.05) is 26.2 Å². The zero-order valence-corrected chi connectivity index (χ0v) is 11.9. The third-order valence-electron chi connectivity index (χ3n) is 4.04. The Hall–Kier alpha value is -1.52. The van der Waals surface area contributed by atoms with Crippen LogP contribution in [0.25, 0.3) is 0 Å². The molecule has 19 heavy (non-hydrogen) atoms. The first kappa shape index (κ1) is 13.9. The van der Waals surface area contributed by atoms with Gasteiger partial charge in [0.1, 0.15) is 0 Å². The van der Waals surface area contributed by atoms with Crippen LogP contribution in [0, 0.1) is 5.92 Å². The van der Waals surface area contributed by atoms with Crippen LogP contribution in [0.15, 0.2) is 0 Å². The lowest BCUT2D eigenvalue weighted by Crippen LogP contribution is -2.33. The van der Waals surface area contributed by atoms with Crippen LogP contribution in [0.2, 0.25) is 0 Å². The average Bonchev–Trinajstić information content (AvgIpc) is 2.80. The van der Waals surface area contributed by atoms with Crippen LogP contribution in [-0.2, 0) is 6.42 Å². The number of aromatic nitrogens is 2. The highest BCUT2D eigenvalue weighted by Gasteiger charge is 2.23. The molecule has 1 aromatic rings. The number of nitrogens with two attached hydrogens (primary N) is 1. The van der Waals surface area contributed by atoms with Gasteiger partial charge in [-0.05, 0) is 25.2 Å². The highest BCUT2D eigenvalue weighted by atomic mass is 16.2. The van der Waals surface area contributed by atoms with E-state index >= 15 is 0 Å². The number of H-pyrrole nitrogens is 1. The molecule has 106 valence electrons. The summed E-state index contributed by atoms with van der Waals surface area (Å²) in [6.07, 6.45) is 7.13. The van der Waals surface area contributed by atoms with Gasteiger partial charge in [-0.25, -0.2) is 0 Å². The molecule has 0 aliphatic heterocycles.